The third kappa shape index (κ3) is 3.61. The Labute approximate surface area is 122 Å². The van der Waals surface area contributed by atoms with E-state index in [0.717, 1.165) is 17.1 Å². The first-order valence-electron chi connectivity index (χ1n) is 6.35. The first-order chi connectivity index (χ1) is 9.72. The van der Waals surface area contributed by atoms with Crippen LogP contribution in [0.3, 0.4) is 0 Å². The molecular formula is C14H18N4OS. The summed E-state index contributed by atoms with van der Waals surface area (Å²) in [7, 11) is 0. The number of rotatable bonds is 6. The third-order valence-corrected chi connectivity index (χ3v) is 3.56. The van der Waals surface area contributed by atoms with Crippen LogP contribution < -0.4 is 11.1 Å². The monoisotopic (exact) mass is 290 g/mol. The largest absolute Gasteiger partial charge is 0.323 e. The summed E-state index contributed by atoms with van der Waals surface area (Å²) in [5.74, 6) is 0.712. The Kier molecular flexibility index (Phi) is 5.20. The highest BCUT2D eigenvalue weighted by molar-refractivity contribution is 7.98. The SMILES string of the molecule is CSCC[C@H](N)C(=O)Nc1ccccc1-n1ccnc1. The van der Waals surface area contributed by atoms with E-state index in [9.17, 15) is 4.79 Å². The normalized spacial score (nSPS) is 12.1. The van der Waals surface area contributed by atoms with Crippen LogP contribution in [0.5, 0.6) is 0 Å². The predicted molar refractivity (Wildman–Crippen MR) is 83.2 cm³/mol. The van der Waals surface area contributed by atoms with Crippen molar-refractivity contribution in [2.45, 2.75) is 12.5 Å². The average Bonchev–Trinajstić information content (AvgIpc) is 2.99. The molecule has 0 aliphatic rings. The molecular weight excluding hydrogens is 272 g/mol. The molecule has 0 aliphatic heterocycles. The van der Waals surface area contributed by atoms with E-state index in [1.54, 1.807) is 24.3 Å². The van der Waals surface area contributed by atoms with Crippen LogP contribution in [0.2, 0.25) is 0 Å². The molecule has 0 fully saturated rings. The molecule has 20 heavy (non-hydrogen) atoms. The number of anilines is 1. The first-order valence-corrected chi connectivity index (χ1v) is 7.74. The number of aromatic nitrogens is 2. The number of amides is 1. The van der Waals surface area contributed by atoms with Gasteiger partial charge in [0.2, 0.25) is 5.91 Å². The van der Waals surface area contributed by atoms with Gasteiger partial charge in [-0.05, 0) is 30.6 Å². The van der Waals surface area contributed by atoms with Gasteiger partial charge in [-0.25, -0.2) is 4.98 Å². The Morgan fingerprint density at radius 2 is 2.30 bits per heavy atom. The number of benzene rings is 1. The maximum absolute atomic E-state index is 12.1. The van der Waals surface area contributed by atoms with Gasteiger partial charge in [-0.3, -0.25) is 4.79 Å². The Balaban J connectivity index is 2.12. The highest BCUT2D eigenvalue weighted by Crippen LogP contribution is 2.19. The summed E-state index contributed by atoms with van der Waals surface area (Å²) in [4.78, 5) is 16.1. The summed E-state index contributed by atoms with van der Waals surface area (Å²) in [6, 6.07) is 7.08. The molecule has 106 valence electrons. The van der Waals surface area contributed by atoms with Gasteiger partial charge in [0.1, 0.15) is 0 Å². The van der Waals surface area contributed by atoms with Crippen molar-refractivity contribution in [1.29, 1.82) is 0 Å². The number of thioether (sulfide) groups is 1. The van der Waals surface area contributed by atoms with Gasteiger partial charge in [-0.2, -0.15) is 11.8 Å². The van der Waals surface area contributed by atoms with Crippen molar-refractivity contribution in [2.24, 2.45) is 5.73 Å². The van der Waals surface area contributed by atoms with Gasteiger partial charge in [-0.1, -0.05) is 12.1 Å². The topological polar surface area (TPSA) is 72.9 Å². The molecule has 6 heteroatoms. The molecule has 1 aromatic heterocycles. The zero-order valence-electron chi connectivity index (χ0n) is 11.3. The zero-order chi connectivity index (χ0) is 14.4. The molecule has 0 spiro atoms. The van der Waals surface area contributed by atoms with E-state index in [0.29, 0.717) is 6.42 Å². The van der Waals surface area contributed by atoms with Crippen LogP contribution in [-0.4, -0.2) is 33.5 Å². The molecule has 0 bridgehead atoms. The van der Waals surface area contributed by atoms with E-state index >= 15 is 0 Å². The maximum Gasteiger partial charge on any atom is 0.241 e. The Hall–Kier alpha value is -1.79. The number of nitrogens with zero attached hydrogens (tertiary/aromatic N) is 2. The van der Waals surface area contributed by atoms with Crippen LogP contribution >= 0.6 is 11.8 Å². The van der Waals surface area contributed by atoms with Gasteiger partial charge in [-0.15, -0.1) is 0 Å². The average molecular weight is 290 g/mol. The van der Waals surface area contributed by atoms with Crippen molar-refractivity contribution < 1.29 is 4.79 Å². The quantitative estimate of drug-likeness (QED) is 0.852. The molecule has 0 saturated carbocycles. The molecule has 0 unspecified atom stereocenters. The smallest absolute Gasteiger partial charge is 0.241 e. The van der Waals surface area contributed by atoms with Gasteiger partial charge in [0.05, 0.1) is 23.7 Å². The van der Waals surface area contributed by atoms with E-state index in [2.05, 4.69) is 10.3 Å². The minimum Gasteiger partial charge on any atom is -0.323 e. The van der Waals surface area contributed by atoms with E-state index in [-0.39, 0.29) is 5.91 Å². The maximum atomic E-state index is 12.1. The van der Waals surface area contributed by atoms with Crippen molar-refractivity contribution in [1.82, 2.24) is 9.55 Å². The van der Waals surface area contributed by atoms with Crippen molar-refractivity contribution in [3.8, 4) is 5.69 Å². The summed E-state index contributed by atoms with van der Waals surface area (Å²) in [5, 5.41) is 2.89. The second-order valence-electron chi connectivity index (χ2n) is 4.36. The molecule has 2 rings (SSSR count). The molecule has 1 amide bonds. The number of carbonyl (C=O) groups excluding carboxylic acids is 1. The van der Waals surface area contributed by atoms with E-state index in [1.807, 2.05) is 41.3 Å². The molecule has 3 N–H and O–H groups in total. The van der Waals surface area contributed by atoms with Crippen LogP contribution in [0.4, 0.5) is 5.69 Å². The van der Waals surface area contributed by atoms with E-state index < -0.39 is 6.04 Å². The highest BCUT2D eigenvalue weighted by Gasteiger charge is 2.14. The highest BCUT2D eigenvalue weighted by atomic mass is 32.2. The molecule has 2 aromatic rings. The number of para-hydroxylation sites is 2. The second kappa shape index (κ2) is 7.12. The fourth-order valence-electron chi connectivity index (χ4n) is 1.81. The summed E-state index contributed by atoms with van der Waals surface area (Å²) in [5.41, 5.74) is 7.48. The third-order valence-electron chi connectivity index (χ3n) is 2.91. The van der Waals surface area contributed by atoms with Gasteiger partial charge >= 0.3 is 0 Å². The Bertz CT molecular complexity index is 556. The van der Waals surface area contributed by atoms with Gasteiger partial charge in [0.25, 0.3) is 0 Å². The van der Waals surface area contributed by atoms with Crippen LogP contribution in [-0.2, 0) is 4.79 Å². The molecule has 0 saturated heterocycles. The number of nitrogens with one attached hydrogen (secondary N) is 1. The fraction of sp³-hybridized carbons (Fsp3) is 0.286. The number of imidazole rings is 1. The van der Waals surface area contributed by atoms with Gasteiger partial charge in [0, 0.05) is 12.4 Å². The van der Waals surface area contributed by atoms with Gasteiger partial charge in [0.15, 0.2) is 0 Å². The zero-order valence-corrected chi connectivity index (χ0v) is 12.1. The second-order valence-corrected chi connectivity index (χ2v) is 5.35. The van der Waals surface area contributed by atoms with E-state index in [4.69, 9.17) is 5.73 Å². The first kappa shape index (κ1) is 14.6. The number of hydrogen-bond acceptors (Lipinski definition) is 4. The summed E-state index contributed by atoms with van der Waals surface area (Å²) in [6.07, 6.45) is 7.89. The van der Waals surface area contributed by atoms with Crippen molar-refractivity contribution >= 4 is 23.4 Å². The molecule has 1 aromatic carbocycles. The predicted octanol–water partition coefficient (Wildman–Crippen LogP) is 1.89. The molecule has 0 aliphatic carbocycles. The number of hydrogen-bond donors (Lipinski definition) is 2. The van der Waals surface area contributed by atoms with Crippen molar-refractivity contribution in [3.05, 3.63) is 43.0 Å². The minimum absolute atomic E-state index is 0.161. The Morgan fingerprint density at radius 3 is 3.00 bits per heavy atom. The minimum atomic E-state index is -0.488. The summed E-state index contributed by atoms with van der Waals surface area (Å²) < 4.78 is 1.85. The van der Waals surface area contributed by atoms with Crippen LogP contribution in [0, 0.1) is 0 Å². The van der Waals surface area contributed by atoms with Gasteiger partial charge < -0.3 is 15.6 Å². The summed E-state index contributed by atoms with van der Waals surface area (Å²) in [6.45, 7) is 0. The lowest BCUT2D eigenvalue weighted by Crippen LogP contribution is -2.36. The molecule has 0 radical (unpaired) electrons. The van der Waals surface area contributed by atoms with Crippen molar-refractivity contribution in [3.63, 3.8) is 0 Å². The molecule has 1 atom stereocenters. The fourth-order valence-corrected chi connectivity index (χ4v) is 2.30. The molecule has 5 nitrogen and oxygen atoms in total. The lowest BCUT2D eigenvalue weighted by atomic mass is 10.2. The lowest BCUT2D eigenvalue weighted by molar-refractivity contribution is -0.117. The van der Waals surface area contributed by atoms with Crippen molar-refractivity contribution in [2.75, 3.05) is 17.3 Å². The lowest BCUT2D eigenvalue weighted by Gasteiger charge is -2.14. The van der Waals surface area contributed by atoms with E-state index in [1.165, 1.54) is 0 Å². The van der Waals surface area contributed by atoms with Crippen LogP contribution in [0.1, 0.15) is 6.42 Å². The van der Waals surface area contributed by atoms with Crippen LogP contribution in [0.15, 0.2) is 43.0 Å². The summed E-state index contributed by atoms with van der Waals surface area (Å²) >= 11 is 1.68. The molecule has 1 heterocycles. The standard InChI is InChI=1S/C14H18N4OS/c1-20-9-6-11(15)14(19)17-12-4-2-3-5-13(12)18-8-7-16-10-18/h2-5,7-8,10-11H,6,9,15H2,1H3,(H,17,19)/t11-/m0/s1. The number of nitrogens with two attached hydrogens (primary N) is 1. The van der Waals surface area contributed by atoms with Crippen LogP contribution in [0.25, 0.3) is 5.69 Å². The Morgan fingerprint density at radius 1 is 1.50 bits per heavy atom. The number of carbonyl (C=O) groups is 1.